The van der Waals surface area contributed by atoms with Crippen molar-refractivity contribution in [3.8, 4) is 0 Å². The summed E-state index contributed by atoms with van der Waals surface area (Å²) in [5.74, 6) is 0.367. The van der Waals surface area contributed by atoms with Crippen LogP contribution in [-0.2, 0) is 16.4 Å². The minimum Gasteiger partial charge on any atom is -0.351 e. The molecule has 0 aromatic heterocycles. The van der Waals surface area contributed by atoms with Gasteiger partial charge in [-0.3, -0.25) is 4.79 Å². The van der Waals surface area contributed by atoms with Crippen LogP contribution in [-0.4, -0.2) is 32.7 Å². The van der Waals surface area contributed by atoms with E-state index in [0.717, 1.165) is 24.8 Å². The van der Waals surface area contributed by atoms with E-state index < -0.39 is 10.0 Å². The van der Waals surface area contributed by atoms with Gasteiger partial charge in [-0.25, -0.2) is 13.1 Å². The number of nitrogens with one attached hydrogen (secondary N) is 2. The van der Waals surface area contributed by atoms with Crippen molar-refractivity contribution in [3.05, 3.63) is 35.4 Å². The van der Waals surface area contributed by atoms with Gasteiger partial charge in [-0.1, -0.05) is 26.0 Å². The third-order valence-corrected chi connectivity index (χ3v) is 5.47. The highest BCUT2D eigenvalue weighted by molar-refractivity contribution is 7.90. The largest absolute Gasteiger partial charge is 0.351 e. The van der Waals surface area contributed by atoms with Crippen LogP contribution >= 0.6 is 0 Å². The summed E-state index contributed by atoms with van der Waals surface area (Å²) in [6.45, 7) is 4.80. The molecular formula is C16H24N2O3S. The molecular weight excluding hydrogens is 300 g/mol. The van der Waals surface area contributed by atoms with E-state index in [-0.39, 0.29) is 17.7 Å². The van der Waals surface area contributed by atoms with Gasteiger partial charge in [-0.2, -0.15) is 0 Å². The lowest BCUT2D eigenvalue weighted by Gasteiger charge is -2.09. The molecule has 0 atom stereocenters. The number of rotatable bonds is 8. The molecule has 0 aliphatic heterocycles. The van der Waals surface area contributed by atoms with E-state index in [1.54, 1.807) is 6.07 Å². The minimum absolute atomic E-state index is 0.170. The van der Waals surface area contributed by atoms with Crippen molar-refractivity contribution in [2.45, 2.75) is 38.4 Å². The molecule has 6 heteroatoms. The fraction of sp³-hybridized carbons (Fsp3) is 0.562. The number of carbonyl (C=O) groups is 1. The quantitative estimate of drug-likeness (QED) is 0.715. The minimum atomic E-state index is -3.17. The molecule has 0 unspecified atom stereocenters. The second kappa shape index (κ2) is 7.24. The molecule has 0 radical (unpaired) electrons. The molecule has 1 fully saturated rings. The van der Waals surface area contributed by atoms with Crippen LogP contribution in [0.5, 0.6) is 0 Å². The third-order valence-electron chi connectivity index (χ3n) is 3.51. The lowest BCUT2D eigenvalue weighted by molar-refractivity contribution is 0.0954. The normalized spacial score (nSPS) is 15.0. The highest BCUT2D eigenvalue weighted by Gasteiger charge is 2.35. The molecule has 1 aliphatic carbocycles. The molecule has 0 spiro atoms. The monoisotopic (exact) mass is 324 g/mol. The Bertz CT molecular complexity index is 622. The van der Waals surface area contributed by atoms with Crippen LogP contribution in [0.15, 0.2) is 24.3 Å². The fourth-order valence-electron chi connectivity index (χ4n) is 2.28. The maximum absolute atomic E-state index is 12.1. The van der Waals surface area contributed by atoms with Crippen molar-refractivity contribution < 1.29 is 13.2 Å². The summed E-state index contributed by atoms with van der Waals surface area (Å²) in [6, 6.07) is 7.56. The molecule has 2 rings (SSSR count). The van der Waals surface area contributed by atoms with Gasteiger partial charge in [0.05, 0.1) is 5.25 Å². The number of hydrogen-bond donors (Lipinski definition) is 2. The molecule has 1 aromatic carbocycles. The van der Waals surface area contributed by atoms with Crippen LogP contribution in [0.3, 0.4) is 0 Å². The zero-order valence-corrected chi connectivity index (χ0v) is 13.9. The van der Waals surface area contributed by atoms with E-state index in [4.69, 9.17) is 0 Å². The lowest BCUT2D eigenvalue weighted by Crippen LogP contribution is -2.36. The first kappa shape index (κ1) is 17.0. The van der Waals surface area contributed by atoms with Crippen LogP contribution in [0.25, 0.3) is 0 Å². The highest BCUT2D eigenvalue weighted by atomic mass is 32.2. The Morgan fingerprint density at radius 1 is 1.27 bits per heavy atom. The predicted octanol–water partition coefficient (Wildman–Crippen LogP) is 1.70. The summed E-state index contributed by atoms with van der Waals surface area (Å²) in [7, 11) is -3.17. The van der Waals surface area contributed by atoms with Gasteiger partial charge in [0.25, 0.3) is 5.91 Å². The summed E-state index contributed by atoms with van der Waals surface area (Å²) < 4.78 is 25.8. The average Bonchev–Trinajstić information content (AvgIpc) is 3.28. The van der Waals surface area contributed by atoms with Crippen LogP contribution in [0.4, 0.5) is 0 Å². The second-order valence-electron chi connectivity index (χ2n) is 6.19. The van der Waals surface area contributed by atoms with E-state index in [1.807, 2.05) is 18.2 Å². The Kier molecular flexibility index (Phi) is 5.58. The number of carbonyl (C=O) groups excluding carboxylic acids is 1. The first-order chi connectivity index (χ1) is 10.4. The van der Waals surface area contributed by atoms with Crippen molar-refractivity contribution >= 4 is 15.9 Å². The SMILES string of the molecule is CC(C)Cc1cccc(C(=O)NCCNS(=O)(=O)C2CC2)c1. The molecule has 1 aliphatic rings. The Morgan fingerprint density at radius 2 is 2.00 bits per heavy atom. The summed E-state index contributed by atoms with van der Waals surface area (Å²) in [4.78, 5) is 12.1. The molecule has 0 bridgehead atoms. The van der Waals surface area contributed by atoms with Crippen molar-refractivity contribution in [1.82, 2.24) is 10.0 Å². The Morgan fingerprint density at radius 3 is 2.64 bits per heavy atom. The van der Waals surface area contributed by atoms with E-state index >= 15 is 0 Å². The highest BCUT2D eigenvalue weighted by Crippen LogP contribution is 2.27. The van der Waals surface area contributed by atoms with Crippen LogP contribution in [0.2, 0.25) is 0 Å². The van der Waals surface area contributed by atoms with Gasteiger partial charge < -0.3 is 5.32 Å². The molecule has 2 N–H and O–H groups in total. The Balaban J connectivity index is 1.79. The maximum atomic E-state index is 12.1. The molecule has 22 heavy (non-hydrogen) atoms. The van der Waals surface area contributed by atoms with E-state index in [9.17, 15) is 13.2 Å². The summed E-state index contributed by atoms with van der Waals surface area (Å²) in [5.41, 5.74) is 1.75. The summed E-state index contributed by atoms with van der Waals surface area (Å²) >= 11 is 0. The Labute approximate surface area is 132 Å². The zero-order valence-electron chi connectivity index (χ0n) is 13.1. The first-order valence-corrected chi connectivity index (χ1v) is 9.29. The van der Waals surface area contributed by atoms with E-state index in [2.05, 4.69) is 23.9 Å². The van der Waals surface area contributed by atoms with E-state index in [1.165, 1.54) is 0 Å². The second-order valence-corrected chi connectivity index (χ2v) is 8.24. The van der Waals surface area contributed by atoms with Crippen molar-refractivity contribution in [2.24, 2.45) is 5.92 Å². The Hall–Kier alpha value is -1.40. The standard InChI is InChI=1S/C16H24N2O3S/c1-12(2)10-13-4-3-5-14(11-13)16(19)17-8-9-18-22(20,21)15-6-7-15/h3-5,11-12,15,18H,6-10H2,1-2H3,(H,17,19). The summed E-state index contributed by atoms with van der Waals surface area (Å²) in [6.07, 6.45) is 2.41. The van der Waals surface area contributed by atoms with Crippen molar-refractivity contribution in [3.63, 3.8) is 0 Å². The molecule has 1 aromatic rings. The third kappa shape index (κ3) is 5.10. The molecule has 1 amide bonds. The smallest absolute Gasteiger partial charge is 0.251 e. The van der Waals surface area contributed by atoms with Gasteiger partial charge in [0, 0.05) is 18.7 Å². The number of amides is 1. The van der Waals surface area contributed by atoms with Gasteiger partial charge in [-0.05, 0) is 42.9 Å². The molecule has 5 nitrogen and oxygen atoms in total. The fourth-order valence-corrected chi connectivity index (χ4v) is 3.66. The zero-order chi connectivity index (χ0) is 16.2. The molecule has 0 saturated heterocycles. The van der Waals surface area contributed by atoms with Crippen molar-refractivity contribution in [1.29, 1.82) is 0 Å². The maximum Gasteiger partial charge on any atom is 0.251 e. The molecule has 122 valence electrons. The average molecular weight is 324 g/mol. The van der Waals surface area contributed by atoms with Crippen molar-refractivity contribution in [2.75, 3.05) is 13.1 Å². The lowest BCUT2D eigenvalue weighted by atomic mass is 10.0. The van der Waals surface area contributed by atoms with Crippen LogP contribution in [0, 0.1) is 5.92 Å². The summed E-state index contributed by atoms with van der Waals surface area (Å²) in [5, 5.41) is 2.52. The van der Waals surface area contributed by atoms with E-state index in [0.29, 0.717) is 18.0 Å². The van der Waals surface area contributed by atoms with Gasteiger partial charge in [-0.15, -0.1) is 0 Å². The number of benzene rings is 1. The van der Waals surface area contributed by atoms with Crippen LogP contribution < -0.4 is 10.0 Å². The van der Waals surface area contributed by atoms with Gasteiger partial charge in [0.2, 0.25) is 10.0 Å². The number of sulfonamides is 1. The van der Waals surface area contributed by atoms with Gasteiger partial charge >= 0.3 is 0 Å². The van der Waals surface area contributed by atoms with Gasteiger partial charge in [0.15, 0.2) is 0 Å². The number of hydrogen-bond acceptors (Lipinski definition) is 3. The first-order valence-electron chi connectivity index (χ1n) is 7.74. The topological polar surface area (TPSA) is 75.3 Å². The van der Waals surface area contributed by atoms with Gasteiger partial charge in [0.1, 0.15) is 0 Å². The molecule has 0 heterocycles. The van der Waals surface area contributed by atoms with Crippen LogP contribution in [0.1, 0.15) is 42.6 Å². The molecule has 1 saturated carbocycles. The predicted molar refractivity (Wildman–Crippen MR) is 87.3 cm³/mol.